The first kappa shape index (κ1) is 55.5. The molecule has 0 amide bonds. The Bertz CT molecular complexity index is 4150. The summed E-state index contributed by atoms with van der Waals surface area (Å²) in [6, 6.07) is 58.7. The minimum Gasteiger partial charge on any atom is -0.398 e. The summed E-state index contributed by atoms with van der Waals surface area (Å²) >= 11 is 0. The van der Waals surface area contributed by atoms with Crippen molar-refractivity contribution in [1.29, 1.82) is 0 Å². The van der Waals surface area contributed by atoms with Gasteiger partial charge in [-0.15, -0.1) is 13.7 Å². The third-order valence-corrected chi connectivity index (χ3v) is 17.3. The molecular formula is C74H79N10+3. The summed E-state index contributed by atoms with van der Waals surface area (Å²) in [6.45, 7) is 14.8. The van der Waals surface area contributed by atoms with Crippen molar-refractivity contribution >= 4 is 88.9 Å². The van der Waals surface area contributed by atoms with E-state index in [0.717, 1.165) is 169 Å². The Morgan fingerprint density at radius 2 is 0.595 bits per heavy atom. The molecule has 6 N–H and O–H groups in total. The summed E-state index contributed by atoms with van der Waals surface area (Å²) in [6.07, 6.45) is 13.8. The fraction of sp³-hybridized carbons (Fsp3) is 0.270. The molecule has 0 radical (unpaired) electrons. The Morgan fingerprint density at radius 1 is 0.310 bits per heavy atom. The third-order valence-electron chi connectivity index (χ3n) is 17.3. The minimum absolute atomic E-state index is 0.782. The first-order chi connectivity index (χ1) is 40.9. The van der Waals surface area contributed by atoms with Gasteiger partial charge in [-0.25, -0.2) is 15.0 Å². The van der Waals surface area contributed by atoms with E-state index in [-0.39, 0.29) is 0 Å². The van der Waals surface area contributed by atoms with Crippen molar-refractivity contribution in [2.24, 2.45) is 0 Å². The van der Waals surface area contributed by atoms with E-state index in [9.17, 15) is 0 Å². The van der Waals surface area contributed by atoms with Gasteiger partial charge in [0.1, 0.15) is 33.1 Å². The number of fused-ring (bicyclic) bond motifs is 6. The molecule has 422 valence electrons. The molecule has 0 unspecified atom stereocenters. The van der Waals surface area contributed by atoms with Crippen LogP contribution in [0.25, 0.3) is 83.3 Å². The largest absolute Gasteiger partial charge is 0.398 e. The van der Waals surface area contributed by atoms with Gasteiger partial charge in [-0.2, -0.15) is 0 Å². The highest BCUT2D eigenvalue weighted by Crippen LogP contribution is 2.31. The average molecular weight is 1110 g/mol. The van der Waals surface area contributed by atoms with Crippen molar-refractivity contribution in [2.75, 3.05) is 35.2 Å². The quantitative estimate of drug-likeness (QED) is 0.0244. The van der Waals surface area contributed by atoms with E-state index in [1.807, 2.05) is 0 Å². The van der Waals surface area contributed by atoms with Crippen molar-refractivity contribution < 1.29 is 13.7 Å². The molecule has 84 heavy (non-hydrogen) atoms. The minimum atomic E-state index is 0.782. The fourth-order valence-corrected chi connectivity index (χ4v) is 12.5. The fourth-order valence-electron chi connectivity index (χ4n) is 12.5. The lowest BCUT2D eigenvalue weighted by atomic mass is 10.00. The zero-order chi connectivity index (χ0) is 57.8. The average Bonchev–Trinajstić information content (AvgIpc) is 1.14. The number of para-hydroxylation sites is 3. The molecule has 0 spiro atoms. The highest BCUT2D eigenvalue weighted by Gasteiger charge is 2.26. The van der Waals surface area contributed by atoms with Gasteiger partial charge in [-0.3, -0.25) is 0 Å². The van der Waals surface area contributed by atoms with E-state index in [4.69, 9.17) is 26.4 Å². The van der Waals surface area contributed by atoms with Gasteiger partial charge in [-0.1, -0.05) is 93.1 Å². The van der Waals surface area contributed by atoms with Gasteiger partial charge in [0.25, 0.3) is 0 Å². The summed E-state index contributed by atoms with van der Waals surface area (Å²) in [5.74, 6) is 0. The number of nitrogens with zero attached hydrogens (tertiary/aromatic N) is 6. The van der Waals surface area contributed by atoms with Crippen LogP contribution in [0, 0.1) is 41.5 Å². The van der Waals surface area contributed by atoms with Crippen LogP contribution < -0.4 is 35.8 Å². The lowest BCUT2D eigenvalue weighted by molar-refractivity contribution is -0.538. The van der Waals surface area contributed by atoms with Crippen LogP contribution in [0.2, 0.25) is 0 Å². The predicted octanol–water partition coefficient (Wildman–Crippen LogP) is 15.8. The molecule has 0 aliphatic carbocycles. The molecule has 9 aromatic carbocycles. The van der Waals surface area contributed by atoms with E-state index in [1.165, 1.54) is 71.9 Å². The second-order valence-corrected chi connectivity index (χ2v) is 23.5. The molecule has 12 rings (SSSR count). The smallest absolute Gasteiger partial charge is 0.239 e. The lowest BCUT2D eigenvalue weighted by Crippen LogP contribution is -2.33. The first-order valence-electron chi connectivity index (χ1n) is 30.5. The van der Waals surface area contributed by atoms with Crippen LogP contribution in [-0.2, 0) is 12.8 Å². The Morgan fingerprint density at radius 3 is 0.952 bits per heavy atom. The van der Waals surface area contributed by atoms with Crippen LogP contribution in [-0.4, -0.2) is 28.0 Å². The normalized spacial score (nSPS) is 11.7. The van der Waals surface area contributed by atoms with Crippen LogP contribution in [0.4, 0.5) is 22.7 Å². The summed E-state index contributed by atoms with van der Waals surface area (Å²) in [5.41, 5.74) is 42.4. The van der Waals surface area contributed by atoms with Gasteiger partial charge < -0.3 is 22.1 Å². The van der Waals surface area contributed by atoms with Gasteiger partial charge in [0.2, 0.25) is 50.2 Å². The number of aryl methyl sites for hydroxylation is 8. The molecule has 12 aromatic rings. The number of nitrogens with one attached hydrogen (secondary N) is 2. The molecule has 0 aliphatic heterocycles. The van der Waals surface area contributed by atoms with Crippen molar-refractivity contribution in [1.82, 2.24) is 15.0 Å². The summed E-state index contributed by atoms with van der Waals surface area (Å²) in [4.78, 5) is 15.6. The Hall–Kier alpha value is -9.02. The maximum absolute atomic E-state index is 6.47. The monoisotopic (exact) mass is 1110 g/mol. The Kier molecular flexibility index (Phi) is 16.1. The number of unbranched alkanes of at least 4 members (excludes halogenated alkanes) is 8. The van der Waals surface area contributed by atoms with E-state index >= 15 is 0 Å². The van der Waals surface area contributed by atoms with Gasteiger partial charge in [-0.05, 0) is 161 Å². The number of benzene rings is 9. The molecule has 3 aromatic heterocycles. The highest BCUT2D eigenvalue weighted by molar-refractivity contribution is 5.89. The number of hydrogen-bond acceptors (Lipinski definition) is 7. The van der Waals surface area contributed by atoms with Crippen LogP contribution in [0.1, 0.15) is 109 Å². The molecule has 0 saturated carbocycles. The summed E-state index contributed by atoms with van der Waals surface area (Å²) in [7, 11) is 0. The summed E-state index contributed by atoms with van der Waals surface area (Å²) in [5, 5.41) is 7.68. The maximum atomic E-state index is 6.47. The topological polar surface area (TPSA) is 126 Å². The van der Waals surface area contributed by atoms with Gasteiger partial charge in [0, 0.05) is 109 Å². The molecule has 10 heteroatoms. The number of aromatic nitrogens is 6. The molecular weight excluding hydrogens is 1030 g/mol. The highest BCUT2D eigenvalue weighted by atomic mass is 15.0. The number of nitrogen functional groups attached to an aromatic ring is 2. The zero-order valence-corrected chi connectivity index (χ0v) is 49.8. The number of hydrogen-bond donors (Lipinski definition) is 4. The van der Waals surface area contributed by atoms with Crippen LogP contribution in [0.5, 0.6) is 0 Å². The molecule has 0 aliphatic rings. The molecule has 10 nitrogen and oxygen atoms in total. The van der Waals surface area contributed by atoms with Crippen molar-refractivity contribution in [3.8, 4) is 17.1 Å². The van der Waals surface area contributed by atoms with Gasteiger partial charge in [0.15, 0.2) is 0 Å². The van der Waals surface area contributed by atoms with E-state index in [1.54, 1.807) is 0 Å². The predicted molar refractivity (Wildman–Crippen MR) is 350 cm³/mol. The molecule has 0 atom stereocenters. The molecule has 3 heterocycles. The maximum Gasteiger partial charge on any atom is 0.239 e. The van der Waals surface area contributed by atoms with Crippen molar-refractivity contribution in [2.45, 2.75) is 119 Å². The van der Waals surface area contributed by atoms with E-state index < -0.39 is 0 Å². The van der Waals surface area contributed by atoms with E-state index in [0.29, 0.717) is 0 Å². The van der Waals surface area contributed by atoms with Crippen LogP contribution in [0.15, 0.2) is 164 Å². The number of anilines is 4. The molecule has 0 bridgehead atoms. The lowest BCUT2D eigenvalue weighted by Gasteiger charge is -2.14. The van der Waals surface area contributed by atoms with Gasteiger partial charge in [0.05, 0.1) is 0 Å². The number of nitrogens with two attached hydrogens (primary N) is 2. The second-order valence-electron chi connectivity index (χ2n) is 23.5. The number of rotatable bonds is 21. The van der Waals surface area contributed by atoms with E-state index in [2.05, 4.69) is 230 Å². The first-order valence-corrected chi connectivity index (χ1v) is 30.5. The van der Waals surface area contributed by atoms with Crippen molar-refractivity contribution in [3.05, 3.63) is 208 Å². The van der Waals surface area contributed by atoms with Crippen LogP contribution >= 0.6 is 0 Å². The summed E-state index contributed by atoms with van der Waals surface area (Å²) < 4.78 is 7.05. The third kappa shape index (κ3) is 11.5. The SMILES string of the molecule is Cc1cc2nc3cc(C)c(CCCCCCCNc4cc5c(cc4C)nc4cc(C)c(NCCCCCCCc6cc7c(cc6C)nc6cc(C)c(N)cc6[n+]7-c6ccccc6)cc4[n+]5-c4ccccc4)cc3[n+](-c3ccccc3)c2cc1N. The second kappa shape index (κ2) is 24.4. The molecule has 0 fully saturated rings. The van der Waals surface area contributed by atoms with Gasteiger partial charge >= 0.3 is 0 Å². The standard InChI is InChI=1S/C74H76N10/c1-48-36-63-69(82(56-28-18-13-19-29-56)71-44-59(75)50(3)38-65(71)79-63)42-54(48)26-16-9-7-11-24-34-77-61-46-73-67(40-52(61)5)81-68-41-53(6)62(47-74(68)84(73)58-32-22-15-23-33-58)78-35-25-12-8-10-17-27-55-43-70-64(37-49(55)2)80-66-39-51(4)60(76)45-72(66)83(70)57-30-20-14-21-31-57/h13-15,18-23,28-33,36-47,75-76H,7-12,16-17,24-27,34-35H2,1-6H3,(H,77,78)/p+3. The van der Waals surface area contributed by atoms with Crippen LogP contribution in [0.3, 0.4) is 0 Å². The Balaban J connectivity index is 0.662. The zero-order valence-electron chi connectivity index (χ0n) is 49.8. The Labute approximate surface area is 494 Å². The van der Waals surface area contributed by atoms with Crippen molar-refractivity contribution in [3.63, 3.8) is 0 Å². The molecule has 0 saturated heterocycles.